The number of H-pyrrole nitrogens is 1. The van der Waals surface area contributed by atoms with Crippen LogP contribution in [0.4, 0.5) is 5.82 Å². The first-order chi connectivity index (χ1) is 13.1. The summed E-state index contributed by atoms with van der Waals surface area (Å²) in [7, 11) is 0. The minimum Gasteiger partial charge on any atom is -0.383 e. The summed E-state index contributed by atoms with van der Waals surface area (Å²) in [5, 5.41) is 7.08. The molecule has 7 heteroatoms. The molecule has 3 N–H and O–H groups in total. The van der Waals surface area contributed by atoms with Crippen molar-refractivity contribution in [3.05, 3.63) is 64.4 Å². The van der Waals surface area contributed by atoms with E-state index in [1.165, 1.54) is 5.56 Å². The van der Waals surface area contributed by atoms with Crippen molar-refractivity contribution in [2.45, 2.75) is 18.2 Å². The molecule has 0 spiro atoms. The lowest BCUT2D eigenvalue weighted by molar-refractivity contribution is 0.963. The third-order valence-electron chi connectivity index (χ3n) is 4.57. The lowest BCUT2D eigenvalue weighted by Gasteiger charge is -2.15. The lowest BCUT2D eigenvalue weighted by Crippen LogP contribution is -2.22. The minimum atomic E-state index is -0.235. The van der Waals surface area contributed by atoms with Gasteiger partial charge in [-0.1, -0.05) is 37.3 Å². The van der Waals surface area contributed by atoms with Gasteiger partial charge in [0, 0.05) is 10.5 Å². The van der Waals surface area contributed by atoms with E-state index in [9.17, 15) is 4.79 Å². The summed E-state index contributed by atoms with van der Waals surface area (Å²) in [5.41, 5.74) is 8.86. The lowest BCUT2D eigenvalue weighted by atomic mass is 10.1. The summed E-state index contributed by atoms with van der Waals surface area (Å²) in [6.07, 6.45) is 2.94. The molecule has 136 valence electrons. The topological polar surface area (TPSA) is 89.6 Å². The van der Waals surface area contributed by atoms with Gasteiger partial charge in [0.25, 0.3) is 5.56 Å². The second-order valence-electron chi connectivity index (χ2n) is 6.13. The Balaban J connectivity index is 2.09. The van der Waals surface area contributed by atoms with E-state index in [-0.39, 0.29) is 11.4 Å². The number of rotatable bonds is 4. The third-order valence-corrected chi connectivity index (χ3v) is 5.36. The molecule has 0 aliphatic carbocycles. The van der Waals surface area contributed by atoms with Crippen LogP contribution in [0.15, 0.2) is 58.2 Å². The van der Waals surface area contributed by atoms with Gasteiger partial charge in [0.2, 0.25) is 0 Å². The van der Waals surface area contributed by atoms with E-state index in [1.54, 1.807) is 16.3 Å². The number of thioether (sulfide) groups is 1. The number of aromatic nitrogens is 4. The highest BCUT2D eigenvalue weighted by molar-refractivity contribution is 7.98. The number of aryl methyl sites for hydroxylation is 1. The fourth-order valence-corrected chi connectivity index (χ4v) is 3.72. The predicted octanol–water partition coefficient (Wildman–Crippen LogP) is 3.64. The standard InChI is InChI=1S/C20H19N5OS/c1-3-12-8-10-13(11-9-12)25-19(14-6-4-5-7-15(14)27-2)22-18-16(20(25)26)17(21)23-24-18/h4-11H,3H2,1-2H3,(H3,21,23,24). The monoisotopic (exact) mass is 377 g/mol. The molecule has 0 bridgehead atoms. The van der Waals surface area contributed by atoms with Crippen molar-refractivity contribution in [1.29, 1.82) is 0 Å². The van der Waals surface area contributed by atoms with Crippen molar-refractivity contribution in [2.75, 3.05) is 12.0 Å². The van der Waals surface area contributed by atoms with Crippen molar-refractivity contribution in [2.24, 2.45) is 0 Å². The van der Waals surface area contributed by atoms with Crippen LogP contribution in [0.5, 0.6) is 0 Å². The van der Waals surface area contributed by atoms with Gasteiger partial charge in [0.1, 0.15) is 11.2 Å². The zero-order valence-electron chi connectivity index (χ0n) is 15.1. The number of nitrogens with zero attached hydrogens (tertiary/aromatic N) is 3. The van der Waals surface area contributed by atoms with Crippen LogP contribution in [0.25, 0.3) is 28.1 Å². The number of nitrogens with two attached hydrogens (primary N) is 1. The largest absolute Gasteiger partial charge is 0.383 e. The Morgan fingerprint density at radius 1 is 1.15 bits per heavy atom. The van der Waals surface area contributed by atoms with Crippen LogP contribution in [0, 0.1) is 0 Å². The van der Waals surface area contributed by atoms with Crippen LogP contribution in [0.1, 0.15) is 12.5 Å². The Hall–Kier alpha value is -3.06. The van der Waals surface area contributed by atoms with Gasteiger partial charge in [0.15, 0.2) is 11.5 Å². The highest BCUT2D eigenvalue weighted by Gasteiger charge is 2.19. The molecular formula is C20H19N5OS. The molecule has 0 fully saturated rings. The first-order valence-electron chi connectivity index (χ1n) is 8.63. The maximum absolute atomic E-state index is 13.3. The highest BCUT2D eigenvalue weighted by Crippen LogP contribution is 2.30. The second kappa shape index (κ2) is 6.92. The smallest absolute Gasteiger partial charge is 0.271 e. The molecule has 0 amide bonds. The summed E-state index contributed by atoms with van der Waals surface area (Å²) in [6.45, 7) is 2.10. The first-order valence-corrected chi connectivity index (χ1v) is 9.85. The van der Waals surface area contributed by atoms with E-state index in [1.807, 2.05) is 54.8 Å². The van der Waals surface area contributed by atoms with E-state index in [0.717, 1.165) is 22.6 Å². The molecule has 0 aliphatic heterocycles. The Morgan fingerprint density at radius 3 is 2.59 bits per heavy atom. The first kappa shape index (κ1) is 17.4. The molecule has 0 saturated carbocycles. The van der Waals surface area contributed by atoms with E-state index < -0.39 is 0 Å². The van der Waals surface area contributed by atoms with Crippen LogP contribution in [0.3, 0.4) is 0 Å². The maximum atomic E-state index is 13.3. The van der Waals surface area contributed by atoms with Crippen LogP contribution >= 0.6 is 11.8 Å². The van der Waals surface area contributed by atoms with E-state index in [2.05, 4.69) is 22.1 Å². The summed E-state index contributed by atoms with van der Waals surface area (Å²) in [4.78, 5) is 19.1. The van der Waals surface area contributed by atoms with Gasteiger partial charge in [-0.3, -0.25) is 14.5 Å². The van der Waals surface area contributed by atoms with Crippen LogP contribution in [-0.4, -0.2) is 26.0 Å². The number of nitrogen functional groups attached to an aromatic ring is 1. The summed E-state index contributed by atoms with van der Waals surface area (Å²) in [5.74, 6) is 0.777. The van der Waals surface area contributed by atoms with Crippen molar-refractivity contribution in [1.82, 2.24) is 19.7 Å². The van der Waals surface area contributed by atoms with E-state index >= 15 is 0 Å². The molecule has 6 nitrogen and oxygen atoms in total. The summed E-state index contributed by atoms with van der Waals surface area (Å²) < 4.78 is 1.61. The van der Waals surface area contributed by atoms with Gasteiger partial charge >= 0.3 is 0 Å². The second-order valence-corrected chi connectivity index (χ2v) is 6.98. The Labute approximate surface area is 160 Å². The average molecular weight is 377 g/mol. The molecule has 2 heterocycles. The molecule has 27 heavy (non-hydrogen) atoms. The third kappa shape index (κ3) is 2.90. The SMILES string of the molecule is CCc1ccc(-n2c(-c3ccccc3SC)nc3n[nH]c(N)c3c2=O)cc1. The van der Waals surface area contributed by atoms with Crippen molar-refractivity contribution < 1.29 is 0 Å². The van der Waals surface area contributed by atoms with Crippen LogP contribution in [-0.2, 0) is 6.42 Å². The summed E-state index contributed by atoms with van der Waals surface area (Å²) >= 11 is 1.61. The molecule has 4 aromatic rings. The number of aromatic amines is 1. The number of nitrogens with one attached hydrogen (secondary N) is 1. The molecule has 0 unspecified atom stereocenters. The Bertz CT molecular complexity index is 1180. The number of fused-ring (bicyclic) bond motifs is 1. The molecule has 0 aliphatic rings. The van der Waals surface area contributed by atoms with Gasteiger partial charge in [-0.15, -0.1) is 11.8 Å². The Kier molecular flexibility index (Phi) is 4.45. The molecular weight excluding hydrogens is 358 g/mol. The summed E-state index contributed by atoms with van der Waals surface area (Å²) in [6, 6.07) is 15.8. The van der Waals surface area contributed by atoms with Crippen LogP contribution in [0.2, 0.25) is 0 Å². The van der Waals surface area contributed by atoms with Gasteiger partial charge in [-0.05, 0) is 36.4 Å². The average Bonchev–Trinajstić information content (AvgIpc) is 3.09. The van der Waals surface area contributed by atoms with Crippen molar-refractivity contribution in [3.63, 3.8) is 0 Å². The normalized spacial score (nSPS) is 11.2. The molecule has 0 radical (unpaired) electrons. The molecule has 2 aromatic carbocycles. The van der Waals surface area contributed by atoms with Gasteiger partial charge < -0.3 is 5.73 Å². The Morgan fingerprint density at radius 2 is 1.89 bits per heavy atom. The number of benzene rings is 2. The molecule has 4 rings (SSSR count). The molecule has 0 atom stereocenters. The van der Waals surface area contributed by atoms with E-state index in [0.29, 0.717) is 16.9 Å². The van der Waals surface area contributed by atoms with Crippen molar-refractivity contribution in [3.8, 4) is 17.1 Å². The number of hydrogen-bond donors (Lipinski definition) is 2. The number of anilines is 1. The van der Waals surface area contributed by atoms with Gasteiger partial charge in [-0.25, -0.2) is 4.98 Å². The fraction of sp³-hybridized carbons (Fsp3) is 0.150. The van der Waals surface area contributed by atoms with Gasteiger partial charge in [0.05, 0.1) is 5.69 Å². The van der Waals surface area contributed by atoms with Gasteiger partial charge in [-0.2, -0.15) is 5.10 Å². The maximum Gasteiger partial charge on any atom is 0.271 e. The molecule has 0 saturated heterocycles. The fourth-order valence-electron chi connectivity index (χ4n) is 3.13. The minimum absolute atomic E-state index is 0.228. The zero-order chi connectivity index (χ0) is 19.0. The number of hydrogen-bond acceptors (Lipinski definition) is 5. The zero-order valence-corrected chi connectivity index (χ0v) is 15.9. The van der Waals surface area contributed by atoms with Crippen LogP contribution < -0.4 is 11.3 Å². The molecule has 2 aromatic heterocycles. The van der Waals surface area contributed by atoms with E-state index in [4.69, 9.17) is 5.73 Å². The quantitative estimate of drug-likeness (QED) is 0.530. The van der Waals surface area contributed by atoms with Crippen molar-refractivity contribution >= 4 is 28.6 Å². The predicted molar refractivity (Wildman–Crippen MR) is 110 cm³/mol. The highest BCUT2D eigenvalue weighted by atomic mass is 32.2.